The lowest BCUT2D eigenvalue weighted by molar-refractivity contribution is -0.126. The quantitative estimate of drug-likeness (QED) is 0.176. The second-order valence-corrected chi connectivity index (χ2v) is 7.68. The van der Waals surface area contributed by atoms with E-state index in [1.165, 1.54) is 19.1 Å². The van der Waals surface area contributed by atoms with E-state index in [2.05, 4.69) is 10.2 Å². The molecule has 0 N–H and O–H groups in total. The van der Waals surface area contributed by atoms with Crippen molar-refractivity contribution in [1.82, 2.24) is 0 Å². The van der Waals surface area contributed by atoms with Gasteiger partial charge in [0, 0.05) is 23.9 Å². The number of anilines is 1. The second-order valence-electron chi connectivity index (χ2n) is 6.93. The van der Waals surface area contributed by atoms with Gasteiger partial charge in [0.25, 0.3) is 5.91 Å². The molecule has 0 fully saturated rings. The summed E-state index contributed by atoms with van der Waals surface area (Å²) in [4.78, 5) is 25.6. The standard InChI is InChI=1S/C24H29Cl2N3O6/c1-6-32-19-12-10-11-18(23(19)35-9-4)29(26)24(31)22(15(5)30)28-27-17-14-20(33-7-2)16(25)13-21(17)34-8-3/h10-14,22H,6-9H2,1-5H3. The molecule has 9 nitrogen and oxygen atoms in total. The molecular weight excluding hydrogens is 497 g/mol. The molecule has 0 spiro atoms. The van der Waals surface area contributed by atoms with E-state index in [9.17, 15) is 9.59 Å². The molecule has 0 radical (unpaired) electrons. The Morgan fingerprint density at radius 2 is 1.51 bits per heavy atom. The van der Waals surface area contributed by atoms with Crippen molar-refractivity contribution in [2.24, 2.45) is 10.2 Å². The van der Waals surface area contributed by atoms with Crippen molar-refractivity contribution in [1.29, 1.82) is 0 Å². The van der Waals surface area contributed by atoms with Crippen molar-refractivity contribution >= 4 is 46.4 Å². The van der Waals surface area contributed by atoms with Gasteiger partial charge in [-0.3, -0.25) is 9.59 Å². The van der Waals surface area contributed by atoms with Gasteiger partial charge in [-0.15, -0.1) is 0 Å². The number of benzene rings is 2. The number of nitrogens with zero attached hydrogens (tertiary/aromatic N) is 3. The number of halogens is 2. The Bertz CT molecular complexity index is 1060. The van der Waals surface area contributed by atoms with Crippen molar-refractivity contribution in [3.05, 3.63) is 35.4 Å². The highest BCUT2D eigenvalue weighted by atomic mass is 35.5. The summed E-state index contributed by atoms with van der Waals surface area (Å²) in [7, 11) is 0. The fourth-order valence-electron chi connectivity index (χ4n) is 3.01. The molecule has 11 heteroatoms. The Morgan fingerprint density at radius 3 is 2.11 bits per heavy atom. The van der Waals surface area contributed by atoms with E-state index in [1.54, 1.807) is 32.0 Å². The molecule has 0 bridgehead atoms. The van der Waals surface area contributed by atoms with Gasteiger partial charge in [-0.05, 0) is 46.8 Å². The zero-order chi connectivity index (χ0) is 26.0. The summed E-state index contributed by atoms with van der Waals surface area (Å²) < 4.78 is 23.1. The molecule has 190 valence electrons. The number of hydrogen-bond donors (Lipinski definition) is 0. The number of hydrogen-bond acceptors (Lipinski definition) is 8. The van der Waals surface area contributed by atoms with Crippen LogP contribution in [0, 0.1) is 0 Å². The van der Waals surface area contributed by atoms with Crippen LogP contribution in [-0.2, 0) is 9.59 Å². The average molecular weight is 526 g/mol. The highest BCUT2D eigenvalue weighted by Crippen LogP contribution is 2.40. The van der Waals surface area contributed by atoms with Gasteiger partial charge in [-0.25, -0.2) is 4.42 Å². The van der Waals surface area contributed by atoms with E-state index in [1.807, 2.05) is 13.8 Å². The summed E-state index contributed by atoms with van der Waals surface area (Å²) in [6.07, 6.45) is 0. The summed E-state index contributed by atoms with van der Waals surface area (Å²) in [5, 5.41) is 8.44. The Morgan fingerprint density at radius 1 is 0.914 bits per heavy atom. The first-order chi connectivity index (χ1) is 16.8. The van der Waals surface area contributed by atoms with E-state index in [0.29, 0.717) is 48.7 Å². The lowest BCUT2D eigenvalue weighted by Crippen LogP contribution is -2.36. The topological polar surface area (TPSA) is 99.0 Å². The van der Waals surface area contributed by atoms with E-state index >= 15 is 0 Å². The van der Waals surface area contributed by atoms with Crippen molar-refractivity contribution in [2.45, 2.75) is 40.7 Å². The van der Waals surface area contributed by atoms with Crippen LogP contribution in [0.3, 0.4) is 0 Å². The number of amides is 1. The highest BCUT2D eigenvalue weighted by molar-refractivity contribution is 6.39. The molecule has 0 saturated carbocycles. The summed E-state index contributed by atoms with van der Waals surface area (Å²) in [5.74, 6) is 0.0136. The van der Waals surface area contributed by atoms with Crippen LogP contribution < -0.4 is 23.4 Å². The molecule has 2 aromatic rings. The molecule has 0 aliphatic rings. The van der Waals surface area contributed by atoms with E-state index in [4.69, 9.17) is 42.3 Å². The predicted molar refractivity (Wildman–Crippen MR) is 135 cm³/mol. The van der Waals surface area contributed by atoms with Gasteiger partial charge in [-0.1, -0.05) is 17.7 Å². The van der Waals surface area contributed by atoms with Crippen molar-refractivity contribution in [3.8, 4) is 23.0 Å². The van der Waals surface area contributed by atoms with Crippen molar-refractivity contribution in [3.63, 3.8) is 0 Å². The molecule has 1 amide bonds. The van der Waals surface area contributed by atoms with Crippen molar-refractivity contribution in [2.75, 3.05) is 30.8 Å². The summed E-state index contributed by atoms with van der Waals surface area (Å²) >= 11 is 12.6. The zero-order valence-electron chi connectivity index (χ0n) is 20.3. The van der Waals surface area contributed by atoms with E-state index in [0.717, 1.165) is 4.42 Å². The number of carbonyl (C=O) groups excluding carboxylic acids is 2. The minimum atomic E-state index is -1.52. The first-order valence-corrected chi connectivity index (χ1v) is 11.9. The highest BCUT2D eigenvalue weighted by Gasteiger charge is 2.31. The molecule has 2 rings (SSSR count). The number of para-hydroxylation sites is 1. The van der Waals surface area contributed by atoms with Gasteiger partial charge in [0.1, 0.15) is 22.9 Å². The monoisotopic (exact) mass is 525 g/mol. The van der Waals surface area contributed by atoms with Gasteiger partial charge in [-0.2, -0.15) is 10.2 Å². The van der Waals surface area contributed by atoms with Crippen LogP contribution in [0.15, 0.2) is 40.6 Å². The van der Waals surface area contributed by atoms with Crippen LogP contribution in [0.5, 0.6) is 23.0 Å². The smallest absolute Gasteiger partial charge is 0.276 e. The summed E-state index contributed by atoms with van der Waals surface area (Å²) in [6.45, 7) is 9.86. The lowest BCUT2D eigenvalue weighted by Gasteiger charge is -2.21. The normalized spacial score (nSPS) is 11.7. The predicted octanol–water partition coefficient (Wildman–Crippen LogP) is 6.16. The fourth-order valence-corrected chi connectivity index (χ4v) is 3.44. The van der Waals surface area contributed by atoms with Crippen molar-refractivity contribution < 1.29 is 28.5 Å². The first kappa shape index (κ1) is 28.2. The number of rotatable bonds is 13. The van der Waals surface area contributed by atoms with Crippen LogP contribution >= 0.6 is 23.4 Å². The third-order valence-corrected chi connectivity index (χ3v) is 5.11. The molecule has 0 heterocycles. The Hall–Kier alpha value is -3.04. The van der Waals surface area contributed by atoms with E-state index in [-0.39, 0.29) is 17.1 Å². The van der Waals surface area contributed by atoms with Crippen LogP contribution in [0.2, 0.25) is 5.02 Å². The van der Waals surface area contributed by atoms with Crippen LogP contribution in [0.4, 0.5) is 11.4 Å². The second kappa shape index (κ2) is 13.7. The van der Waals surface area contributed by atoms with Gasteiger partial charge < -0.3 is 18.9 Å². The number of azo groups is 1. The molecule has 0 aromatic heterocycles. The molecule has 0 saturated heterocycles. The largest absolute Gasteiger partial charge is 0.492 e. The molecular formula is C24H29Cl2N3O6. The number of carbonyl (C=O) groups is 2. The number of ketones is 1. The van der Waals surface area contributed by atoms with Gasteiger partial charge in [0.05, 0.1) is 31.5 Å². The van der Waals surface area contributed by atoms with Gasteiger partial charge in [0.2, 0.25) is 6.04 Å². The fraction of sp³-hybridized carbons (Fsp3) is 0.417. The SMILES string of the molecule is CCOc1cc(N=NC(C(C)=O)C(=O)N(Cl)c2cccc(OCC)c2OCC)c(OCC)cc1Cl. The van der Waals surface area contributed by atoms with Gasteiger partial charge >= 0.3 is 0 Å². The maximum atomic E-state index is 13.2. The number of Topliss-reactive ketones (excluding diaryl/α,β-unsaturated/α-hetero) is 1. The molecule has 35 heavy (non-hydrogen) atoms. The third kappa shape index (κ3) is 7.22. The van der Waals surface area contributed by atoms with Crippen LogP contribution in [0.25, 0.3) is 0 Å². The van der Waals surface area contributed by atoms with Gasteiger partial charge in [0.15, 0.2) is 17.3 Å². The molecule has 1 atom stereocenters. The molecule has 1 unspecified atom stereocenters. The lowest BCUT2D eigenvalue weighted by atomic mass is 10.2. The summed E-state index contributed by atoms with van der Waals surface area (Å²) in [5.41, 5.74) is 0.458. The van der Waals surface area contributed by atoms with Crippen LogP contribution in [-0.4, -0.2) is 44.2 Å². The Kier molecular flexibility index (Phi) is 11.1. The minimum absolute atomic E-state index is 0.214. The summed E-state index contributed by atoms with van der Waals surface area (Å²) in [6, 6.07) is 6.48. The Labute approximate surface area is 215 Å². The molecule has 2 aromatic carbocycles. The first-order valence-electron chi connectivity index (χ1n) is 11.2. The average Bonchev–Trinajstić information content (AvgIpc) is 2.82. The molecule has 0 aliphatic carbocycles. The molecule has 0 aliphatic heterocycles. The Balaban J connectivity index is 2.44. The maximum absolute atomic E-state index is 13.2. The van der Waals surface area contributed by atoms with Crippen LogP contribution in [0.1, 0.15) is 34.6 Å². The number of ether oxygens (including phenoxy) is 4. The maximum Gasteiger partial charge on any atom is 0.276 e. The third-order valence-electron chi connectivity index (χ3n) is 4.46. The zero-order valence-corrected chi connectivity index (χ0v) is 21.9. The minimum Gasteiger partial charge on any atom is -0.492 e. The van der Waals surface area contributed by atoms with E-state index < -0.39 is 17.7 Å².